The molecule has 1 aromatic carbocycles. The number of ketones is 1. The van der Waals surface area contributed by atoms with Crippen molar-refractivity contribution < 1.29 is 19.1 Å². The monoisotopic (exact) mass is 266 g/mol. The van der Waals surface area contributed by atoms with Gasteiger partial charge in [0.2, 0.25) is 0 Å². The summed E-state index contributed by atoms with van der Waals surface area (Å²) in [5.74, 6) is 1.21. The third kappa shape index (κ3) is 2.36. The van der Waals surface area contributed by atoms with Gasteiger partial charge in [0.05, 0.1) is 19.8 Å². The van der Waals surface area contributed by atoms with Crippen LogP contribution >= 0.6 is 11.8 Å². The number of benzene rings is 1. The van der Waals surface area contributed by atoms with E-state index in [4.69, 9.17) is 9.47 Å². The summed E-state index contributed by atoms with van der Waals surface area (Å²) in [6, 6.07) is 3.52. The van der Waals surface area contributed by atoms with Crippen LogP contribution in [-0.4, -0.2) is 31.5 Å². The summed E-state index contributed by atoms with van der Waals surface area (Å²) in [7, 11) is 3.10. The lowest BCUT2D eigenvalue weighted by atomic mass is 10.0. The first-order chi connectivity index (χ1) is 8.69. The molecule has 0 saturated carbocycles. The first-order valence-corrected chi connectivity index (χ1v) is 6.47. The summed E-state index contributed by atoms with van der Waals surface area (Å²) in [5, 5.41) is 0.0133. The Morgan fingerprint density at radius 2 is 2.17 bits per heavy atom. The van der Waals surface area contributed by atoms with Gasteiger partial charge in [0.1, 0.15) is 17.8 Å². The second-order valence-corrected chi connectivity index (χ2v) is 5.31. The molecule has 2 rings (SSSR count). The quantitative estimate of drug-likeness (QED) is 0.783. The number of carbonyl (C=O) groups is 2. The fraction of sp³-hybridized carbons (Fsp3) is 0.385. The van der Waals surface area contributed by atoms with E-state index in [0.717, 1.165) is 11.2 Å². The minimum absolute atomic E-state index is 0.0133. The van der Waals surface area contributed by atoms with Gasteiger partial charge in [0, 0.05) is 29.1 Å². The molecular weight excluding hydrogens is 252 g/mol. The summed E-state index contributed by atoms with van der Waals surface area (Å²) < 4.78 is 10.4. The molecule has 0 amide bonds. The number of rotatable bonds is 4. The standard InChI is InChI=1S/C13H14O4S/c1-16-8-5-11(17-2)13-10(15)7-9(3-4-14)18-12(13)6-8/h4-6,9H,3,7H2,1-2H3. The van der Waals surface area contributed by atoms with Gasteiger partial charge in [-0.1, -0.05) is 0 Å². The van der Waals surface area contributed by atoms with E-state index in [1.807, 2.05) is 6.07 Å². The van der Waals surface area contributed by atoms with Crippen LogP contribution in [0.25, 0.3) is 0 Å². The minimum Gasteiger partial charge on any atom is -0.497 e. The smallest absolute Gasteiger partial charge is 0.168 e. The normalized spacial score (nSPS) is 18.1. The average Bonchev–Trinajstić information content (AvgIpc) is 2.37. The summed E-state index contributed by atoms with van der Waals surface area (Å²) in [6.45, 7) is 0. The molecule has 1 aliphatic heterocycles. The van der Waals surface area contributed by atoms with Crippen molar-refractivity contribution in [2.45, 2.75) is 23.0 Å². The van der Waals surface area contributed by atoms with Crippen molar-refractivity contribution in [3.8, 4) is 11.5 Å². The van der Waals surface area contributed by atoms with Crippen LogP contribution in [0.1, 0.15) is 23.2 Å². The molecule has 0 spiro atoms. The maximum absolute atomic E-state index is 12.1. The predicted octanol–water partition coefficient (Wildman–Crippen LogP) is 2.34. The van der Waals surface area contributed by atoms with E-state index in [-0.39, 0.29) is 11.0 Å². The summed E-state index contributed by atoms with van der Waals surface area (Å²) in [4.78, 5) is 23.5. The predicted molar refractivity (Wildman–Crippen MR) is 68.8 cm³/mol. The highest BCUT2D eigenvalue weighted by Crippen LogP contribution is 2.42. The summed E-state index contributed by atoms with van der Waals surface area (Å²) >= 11 is 1.53. The van der Waals surface area contributed by atoms with E-state index < -0.39 is 0 Å². The maximum Gasteiger partial charge on any atom is 0.168 e. The van der Waals surface area contributed by atoms with Crippen LogP contribution in [0.3, 0.4) is 0 Å². The average molecular weight is 266 g/mol. The lowest BCUT2D eigenvalue weighted by Gasteiger charge is -2.23. The highest BCUT2D eigenvalue weighted by atomic mass is 32.2. The van der Waals surface area contributed by atoms with Crippen molar-refractivity contribution in [1.29, 1.82) is 0 Å². The van der Waals surface area contributed by atoms with Gasteiger partial charge < -0.3 is 14.3 Å². The number of hydrogen-bond donors (Lipinski definition) is 0. The minimum atomic E-state index is 0.0133. The van der Waals surface area contributed by atoms with Crippen LogP contribution < -0.4 is 9.47 Å². The van der Waals surface area contributed by atoms with Crippen LogP contribution in [0.15, 0.2) is 17.0 Å². The molecule has 1 aromatic rings. The van der Waals surface area contributed by atoms with Gasteiger partial charge >= 0.3 is 0 Å². The molecule has 0 bridgehead atoms. The van der Waals surface area contributed by atoms with Gasteiger partial charge in [-0.3, -0.25) is 4.79 Å². The summed E-state index contributed by atoms with van der Waals surface area (Å²) in [5.41, 5.74) is 0.602. The van der Waals surface area contributed by atoms with E-state index >= 15 is 0 Å². The molecular formula is C13H14O4S. The molecule has 0 aliphatic carbocycles. The Labute approximate surface area is 110 Å². The molecule has 0 aromatic heterocycles. The van der Waals surface area contributed by atoms with E-state index in [1.165, 1.54) is 18.9 Å². The van der Waals surface area contributed by atoms with Gasteiger partial charge in [-0.05, 0) is 6.07 Å². The Bertz CT molecular complexity index is 484. The Morgan fingerprint density at radius 3 is 2.78 bits per heavy atom. The molecule has 96 valence electrons. The molecule has 0 fully saturated rings. The zero-order chi connectivity index (χ0) is 13.1. The first-order valence-electron chi connectivity index (χ1n) is 5.59. The number of aldehydes is 1. The number of methoxy groups -OCH3 is 2. The maximum atomic E-state index is 12.1. The molecule has 1 heterocycles. The zero-order valence-electron chi connectivity index (χ0n) is 10.3. The molecule has 1 aliphatic rings. The molecule has 0 radical (unpaired) electrons. The van der Waals surface area contributed by atoms with Crippen molar-refractivity contribution in [2.24, 2.45) is 0 Å². The lowest BCUT2D eigenvalue weighted by Crippen LogP contribution is -2.18. The lowest BCUT2D eigenvalue weighted by molar-refractivity contribution is -0.107. The highest BCUT2D eigenvalue weighted by Gasteiger charge is 2.29. The molecule has 1 unspecified atom stereocenters. The molecule has 4 nitrogen and oxygen atoms in total. The molecule has 18 heavy (non-hydrogen) atoms. The SMILES string of the molecule is COc1cc(OC)c2c(c1)SC(CC=O)CC2=O. The third-order valence-corrected chi connectivity index (χ3v) is 4.11. The number of fused-ring (bicyclic) bond motifs is 1. The van der Waals surface area contributed by atoms with Crippen LogP contribution in [-0.2, 0) is 4.79 Å². The Kier molecular flexibility index (Phi) is 3.91. The number of ether oxygens (including phenoxy) is 2. The van der Waals surface area contributed by atoms with E-state index in [1.54, 1.807) is 13.2 Å². The second kappa shape index (κ2) is 5.44. The second-order valence-electron chi connectivity index (χ2n) is 3.97. The van der Waals surface area contributed by atoms with Crippen molar-refractivity contribution in [3.05, 3.63) is 17.7 Å². The molecule has 1 atom stereocenters. The van der Waals surface area contributed by atoms with Crippen LogP contribution in [0.2, 0.25) is 0 Å². The van der Waals surface area contributed by atoms with Gasteiger partial charge in [-0.15, -0.1) is 11.8 Å². The third-order valence-electron chi connectivity index (χ3n) is 2.84. The van der Waals surface area contributed by atoms with E-state index in [2.05, 4.69) is 0 Å². The number of thioether (sulfide) groups is 1. The van der Waals surface area contributed by atoms with Gasteiger partial charge in [0.15, 0.2) is 5.78 Å². The number of carbonyl (C=O) groups excluding carboxylic acids is 2. The summed E-state index contributed by atoms with van der Waals surface area (Å²) in [6.07, 6.45) is 1.61. The van der Waals surface area contributed by atoms with Gasteiger partial charge in [-0.25, -0.2) is 0 Å². The zero-order valence-corrected chi connectivity index (χ0v) is 11.1. The largest absolute Gasteiger partial charge is 0.497 e. The molecule has 5 heteroatoms. The van der Waals surface area contributed by atoms with Crippen molar-refractivity contribution in [3.63, 3.8) is 0 Å². The van der Waals surface area contributed by atoms with Crippen molar-refractivity contribution >= 4 is 23.8 Å². The van der Waals surface area contributed by atoms with Crippen molar-refractivity contribution in [2.75, 3.05) is 14.2 Å². The fourth-order valence-corrected chi connectivity index (χ4v) is 3.27. The molecule has 0 N–H and O–H groups in total. The highest BCUT2D eigenvalue weighted by molar-refractivity contribution is 8.00. The van der Waals surface area contributed by atoms with Gasteiger partial charge in [-0.2, -0.15) is 0 Å². The van der Waals surface area contributed by atoms with Gasteiger partial charge in [0.25, 0.3) is 0 Å². The fourth-order valence-electron chi connectivity index (χ4n) is 1.98. The first kappa shape index (κ1) is 13.0. The van der Waals surface area contributed by atoms with Crippen molar-refractivity contribution in [1.82, 2.24) is 0 Å². The van der Waals surface area contributed by atoms with E-state index in [0.29, 0.717) is 29.9 Å². The van der Waals surface area contributed by atoms with E-state index in [9.17, 15) is 9.59 Å². The number of hydrogen-bond acceptors (Lipinski definition) is 5. The Balaban J connectivity index is 2.44. The van der Waals surface area contributed by atoms with Crippen LogP contribution in [0.5, 0.6) is 11.5 Å². The molecule has 0 saturated heterocycles. The Hall–Kier alpha value is -1.49. The van der Waals surface area contributed by atoms with Crippen LogP contribution in [0, 0.1) is 0 Å². The number of Topliss-reactive ketones (excluding diaryl/α,β-unsaturated/α-hetero) is 1. The topological polar surface area (TPSA) is 52.6 Å². The van der Waals surface area contributed by atoms with Crippen LogP contribution in [0.4, 0.5) is 0 Å². The Morgan fingerprint density at radius 1 is 1.39 bits per heavy atom.